The number of nitrogens with zero attached hydrogens (tertiary/aromatic N) is 1. The predicted molar refractivity (Wildman–Crippen MR) is 59.8 cm³/mol. The van der Waals surface area contributed by atoms with Crippen LogP contribution < -0.4 is 10.1 Å². The quantitative estimate of drug-likeness (QED) is 0.606. The minimum Gasteiger partial charge on any atom is -0.490 e. The van der Waals surface area contributed by atoms with Crippen molar-refractivity contribution in [3.8, 4) is 5.75 Å². The van der Waals surface area contributed by atoms with Gasteiger partial charge in [0.05, 0.1) is 30.4 Å². The number of nitro groups is 1. The lowest BCUT2D eigenvalue weighted by Gasteiger charge is -2.14. The molecule has 0 amide bonds. The Hall–Kier alpha value is -1.89. The second kappa shape index (κ2) is 5.44. The summed E-state index contributed by atoms with van der Waals surface area (Å²) in [5.74, 6) is -0.804. The number of nitro benzene ring substituents is 1. The summed E-state index contributed by atoms with van der Waals surface area (Å²) in [4.78, 5) is 9.90. The highest BCUT2D eigenvalue weighted by Crippen LogP contribution is 2.32. The summed E-state index contributed by atoms with van der Waals surface area (Å²) in [5.41, 5.74) is -0.388. The number of methoxy groups -OCH3 is 1. The molecule has 0 heterocycles. The average molecular weight is 244 g/mol. The van der Waals surface area contributed by atoms with E-state index in [0.717, 1.165) is 6.07 Å². The van der Waals surface area contributed by atoms with Gasteiger partial charge in [-0.25, -0.2) is 4.39 Å². The standard InChI is InChI=1S/C10H13FN2O4/c1-6(5-14)12-8-4-10(17-2)9(13(15)16)3-7(8)11/h3-4,6,12,14H,5H2,1-2H3. The van der Waals surface area contributed by atoms with Crippen LogP contribution in [0.15, 0.2) is 12.1 Å². The summed E-state index contributed by atoms with van der Waals surface area (Å²) >= 11 is 0. The molecule has 0 spiro atoms. The number of aliphatic hydroxyl groups excluding tert-OH is 1. The van der Waals surface area contributed by atoms with Crippen molar-refractivity contribution in [1.29, 1.82) is 0 Å². The largest absolute Gasteiger partial charge is 0.490 e. The Morgan fingerprint density at radius 3 is 2.76 bits per heavy atom. The second-order valence-corrected chi connectivity index (χ2v) is 3.49. The molecule has 1 rings (SSSR count). The molecule has 1 aromatic rings. The molecule has 6 nitrogen and oxygen atoms in total. The molecule has 0 aromatic heterocycles. The zero-order valence-corrected chi connectivity index (χ0v) is 9.44. The van der Waals surface area contributed by atoms with Crippen molar-refractivity contribution in [2.45, 2.75) is 13.0 Å². The Labute approximate surface area is 97.2 Å². The number of hydrogen-bond donors (Lipinski definition) is 2. The van der Waals surface area contributed by atoms with Gasteiger partial charge in [0.25, 0.3) is 0 Å². The lowest BCUT2D eigenvalue weighted by atomic mass is 10.2. The molecule has 17 heavy (non-hydrogen) atoms. The SMILES string of the molecule is COc1cc(NC(C)CO)c(F)cc1[N+](=O)[O-]. The molecule has 0 aliphatic heterocycles. The Morgan fingerprint density at radius 2 is 2.29 bits per heavy atom. The molecule has 0 radical (unpaired) electrons. The molecule has 0 aliphatic rings. The maximum absolute atomic E-state index is 13.5. The maximum Gasteiger partial charge on any atom is 0.313 e. The van der Waals surface area contributed by atoms with E-state index < -0.39 is 16.4 Å². The van der Waals surface area contributed by atoms with Crippen molar-refractivity contribution in [3.05, 3.63) is 28.1 Å². The molecule has 0 aliphatic carbocycles. The third kappa shape index (κ3) is 3.04. The molecule has 0 saturated carbocycles. The van der Waals surface area contributed by atoms with Crippen molar-refractivity contribution >= 4 is 11.4 Å². The summed E-state index contributed by atoms with van der Waals surface area (Å²) < 4.78 is 18.3. The van der Waals surface area contributed by atoms with E-state index in [4.69, 9.17) is 9.84 Å². The van der Waals surface area contributed by atoms with Crippen LogP contribution in [-0.4, -0.2) is 29.8 Å². The van der Waals surface area contributed by atoms with Crippen LogP contribution in [0, 0.1) is 15.9 Å². The molecule has 7 heteroatoms. The van der Waals surface area contributed by atoms with Crippen molar-refractivity contribution in [2.75, 3.05) is 19.0 Å². The van der Waals surface area contributed by atoms with Crippen molar-refractivity contribution < 1.29 is 19.2 Å². The number of halogens is 1. The molecule has 94 valence electrons. The van der Waals surface area contributed by atoms with Gasteiger partial charge in [0.1, 0.15) is 0 Å². The van der Waals surface area contributed by atoms with Crippen LogP contribution in [0.4, 0.5) is 15.8 Å². The zero-order chi connectivity index (χ0) is 13.0. The smallest absolute Gasteiger partial charge is 0.313 e. The van der Waals surface area contributed by atoms with Crippen LogP contribution in [0.1, 0.15) is 6.92 Å². The number of aliphatic hydroxyl groups is 1. The topological polar surface area (TPSA) is 84.6 Å². The second-order valence-electron chi connectivity index (χ2n) is 3.49. The van der Waals surface area contributed by atoms with E-state index in [-0.39, 0.29) is 24.1 Å². The van der Waals surface area contributed by atoms with Gasteiger partial charge in [-0.3, -0.25) is 10.1 Å². The van der Waals surface area contributed by atoms with Crippen LogP contribution >= 0.6 is 0 Å². The molecule has 1 atom stereocenters. The highest BCUT2D eigenvalue weighted by Gasteiger charge is 2.19. The van der Waals surface area contributed by atoms with Gasteiger partial charge in [-0.15, -0.1) is 0 Å². The molecular weight excluding hydrogens is 231 g/mol. The number of rotatable bonds is 5. The highest BCUT2D eigenvalue weighted by molar-refractivity contribution is 5.59. The molecular formula is C10H13FN2O4. The van der Waals surface area contributed by atoms with Gasteiger partial charge in [0.2, 0.25) is 0 Å². The number of hydrogen-bond acceptors (Lipinski definition) is 5. The fraction of sp³-hybridized carbons (Fsp3) is 0.400. The van der Waals surface area contributed by atoms with E-state index in [2.05, 4.69) is 5.32 Å². The molecule has 2 N–H and O–H groups in total. The Kier molecular flexibility index (Phi) is 4.22. The number of nitrogens with one attached hydrogen (secondary N) is 1. The van der Waals surface area contributed by atoms with Gasteiger partial charge in [-0.1, -0.05) is 0 Å². The molecule has 0 bridgehead atoms. The van der Waals surface area contributed by atoms with Crippen LogP contribution in [0.25, 0.3) is 0 Å². The molecule has 1 unspecified atom stereocenters. The molecule has 0 saturated heterocycles. The summed E-state index contributed by atoms with van der Waals surface area (Å²) in [6.07, 6.45) is 0. The van der Waals surface area contributed by atoms with E-state index in [1.165, 1.54) is 13.2 Å². The van der Waals surface area contributed by atoms with E-state index in [1.54, 1.807) is 6.92 Å². The zero-order valence-electron chi connectivity index (χ0n) is 9.44. The van der Waals surface area contributed by atoms with Crippen molar-refractivity contribution in [1.82, 2.24) is 0 Å². The fourth-order valence-corrected chi connectivity index (χ4v) is 1.27. The van der Waals surface area contributed by atoms with Gasteiger partial charge >= 0.3 is 5.69 Å². The highest BCUT2D eigenvalue weighted by atomic mass is 19.1. The third-order valence-electron chi connectivity index (χ3n) is 2.14. The number of benzene rings is 1. The maximum atomic E-state index is 13.5. The monoisotopic (exact) mass is 244 g/mol. The third-order valence-corrected chi connectivity index (χ3v) is 2.14. The number of anilines is 1. The number of ether oxygens (including phenoxy) is 1. The minimum atomic E-state index is -0.766. The summed E-state index contributed by atoms with van der Waals surface area (Å²) in [5, 5.41) is 22.1. The molecule has 1 aromatic carbocycles. The van der Waals surface area contributed by atoms with Crippen molar-refractivity contribution in [3.63, 3.8) is 0 Å². The lowest BCUT2D eigenvalue weighted by molar-refractivity contribution is -0.385. The van der Waals surface area contributed by atoms with Gasteiger partial charge in [-0.2, -0.15) is 0 Å². The van der Waals surface area contributed by atoms with Gasteiger partial charge < -0.3 is 15.2 Å². The Morgan fingerprint density at radius 1 is 1.65 bits per heavy atom. The first-order chi connectivity index (χ1) is 7.99. The van der Waals surface area contributed by atoms with E-state index in [9.17, 15) is 14.5 Å². The Bertz CT molecular complexity index is 425. The van der Waals surface area contributed by atoms with Crippen LogP contribution in [-0.2, 0) is 0 Å². The Balaban J connectivity index is 3.13. The van der Waals surface area contributed by atoms with E-state index in [0.29, 0.717) is 0 Å². The van der Waals surface area contributed by atoms with Gasteiger partial charge in [-0.05, 0) is 6.92 Å². The first-order valence-corrected chi connectivity index (χ1v) is 4.89. The van der Waals surface area contributed by atoms with Crippen LogP contribution in [0.5, 0.6) is 5.75 Å². The molecule has 0 fully saturated rings. The van der Waals surface area contributed by atoms with E-state index >= 15 is 0 Å². The first-order valence-electron chi connectivity index (χ1n) is 4.89. The summed E-state index contributed by atoms with van der Waals surface area (Å²) in [7, 11) is 1.26. The lowest BCUT2D eigenvalue weighted by Crippen LogP contribution is -2.20. The average Bonchev–Trinajstić information content (AvgIpc) is 2.30. The van der Waals surface area contributed by atoms with Gasteiger partial charge in [0.15, 0.2) is 11.6 Å². The van der Waals surface area contributed by atoms with Crippen LogP contribution in [0.3, 0.4) is 0 Å². The summed E-state index contributed by atoms with van der Waals surface area (Å²) in [6.45, 7) is 1.46. The fourth-order valence-electron chi connectivity index (χ4n) is 1.27. The first kappa shape index (κ1) is 13.2. The minimum absolute atomic E-state index is 0.0379. The predicted octanol–water partition coefficient (Wildman–Crippen LogP) is 1.54. The van der Waals surface area contributed by atoms with Crippen molar-refractivity contribution in [2.24, 2.45) is 0 Å². The van der Waals surface area contributed by atoms with Crippen LogP contribution in [0.2, 0.25) is 0 Å². The van der Waals surface area contributed by atoms with E-state index in [1.807, 2.05) is 0 Å². The van der Waals surface area contributed by atoms with Gasteiger partial charge in [0, 0.05) is 12.1 Å². The summed E-state index contributed by atoms with van der Waals surface area (Å²) in [6, 6.07) is 1.61. The normalized spacial score (nSPS) is 12.0.